The smallest absolute Gasteiger partial charge is 0.257 e. The third-order valence-corrected chi connectivity index (χ3v) is 5.29. The van der Waals surface area contributed by atoms with E-state index in [4.69, 9.17) is 0 Å². The fourth-order valence-electron chi connectivity index (χ4n) is 3.59. The Labute approximate surface area is 170 Å². The van der Waals surface area contributed by atoms with Crippen LogP contribution in [-0.2, 0) is 0 Å². The number of aliphatic hydroxyl groups is 1. The van der Waals surface area contributed by atoms with Crippen LogP contribution in [0.1, 0.15) is 31.8 Å². The summed E-state index contributed by atoms with van der Waals surface area (Å²) in [7, 11) is 0. The van der Waals surface area contributed by atoms with Gasteiger partial charge in [-0.15, -0.1) is 0 Å². The summed E-state index contributed by atoms with van der Waals surface area (Å²) >= 11 is 0. The zero-order valence-electron chi connectivity index (χ0n) is 16.4. The number of halogens is 2. The molecule has 3 aromatic rings. The third-order valence-electron chi connectivity index (χ3n) is 5.29. The molecule has 0 aliphatic carbocycles. The fourth-order valence-corrected chi connectivity index (χ4v) is 3.59. The summed E-state index contributed by atoms with van der Waals surface area (Å²) in [4.78, 5) is 26.7. The summed E-state index contributed by atoms with van der Waals surface area (Å²) in [6.07, 6.45) is 2.15. The highest BCUT2D eigenvalue weighted by molar-refractivity contribution is 6.01. The lowest BCUT2D eigenvalue weighted by Crippen LogP contribution is -2.43. The van der Waals surface area contributed by atoms with Crippen molar-refractivity contribution in [1.29, 1.82) is 0 Å². The second-order valence-corrected chi connectivity index (χ2v) is 7.53. The molecule has 1 aliphatic heterocycles. The number of benzene rings is 1. The molecule has 0 saturated carbocycles. The van der Waals surface area contributed by atoms with Gasteiger partial charge in [0.2, 0.25) is 0 Å². The van der Waals surface area contributed by atoms with E-state index in [1.54, 1.807) is 10.7 Å². The monoisotopic (exact) mass is 414 g/mol. The number of hydrogen-bond donors (Lipinski definition) is 2. The van der Waals surface area contributed by atoms with Crippen molar-refractivity contribution in [3.8, 4) is 0 Å². The minimum atomic E-state index is -1.02. The maximum Gasteiger partial charge on any atom is 0.257 e. The van der Waals surface area contributed by atoms with Gasteiger partial charge in [-0.2, -0.15) is 5.10 Å². The highest BCUT2D eigenvalue weighted by Crippen LogP contribution is 2.20. The minimum Gasteiger partial charge on any atom is -0.389 e. The molecule has 0 unspecified atom stereocenters. The molecule has 1 aromatic carbocycles. The summed E-state index contributed by atoms with van der Waals surface area (Å²) < 4.78 is 29.1. The molecule has 2 amide bonds. The number of nitrogens with zero attached hydrogens (tertiary/aromatic N) is 3. The Morgan fingerprint density at radius 3 is 2.67 bits per heavy atom. The molecule has 30 heavy (non-hydrogen) atoms. The van der Waals surface area contributed by atoms with Crippen LogP contribution < -0.4 is 5.32 Å². The van der Waals surface area contributed by atoms with Crippen molar-refractivity contribution in [3.05, 3.63) is 70.5 Å². The van der Waals surface area contributed by atoms with Gasteiger partial charge in [0.25, 0.3) is 11.8 Å². The number of likely N-dealkylation sites (tertiary alicyclic amines) is 1. The number of β-amino-alcohol motifs (C(OH)–C–C–N with tert-alkyl or cyclic N) is 1. The highest BCUT2D eigenvalue weighted by atomic mass is 19.1. The molecule has 4 rings (SSSR count). The van der Waals surface area contributed by atoms with Gasteiger partial charge in [-0.3, -0.25) is 9.59 Å². The summed E-state index contributed by atoms with van der Waals surface area (Å²) in [5.74, 6) is -2.80. The number of pyridine rings is 1. The van der Waals surface area contributed by atoms with Crippen molar-refractivity contribution in [2.45, 2.75) is 26.0 Å². The SMILES string of the molecule is Cc1ccn2ncc(C(=O)N[C@@H]3CN(C(=O)c4cc(C)c(F)cc4F)C[C@@H]3O)c2c1. The van der Waals surface area contributed by atoms with E-state index in [1.165, 1.54) is 18.0 Å². The second-order valence-electron chi connectivity index (χ2n) is 7.53. The van der Waals surface area contributed by atoms with Crippen LogP contribution in [0, 0.1) is 25.5 Å². The topological polar surface area (TPSA) is 86.9 Å². The first-order valence-corrected chi connectivity index (χ1v) is 9.42. The van der Waals surface area contributed by atoms with Gasteiger partial charge in [-0.25, -0.2) is 13.3 Å². The van der Waals surface area contributed by atoms with Crippen LogP contribution in [0.15, 0.2) is 36.7 Å². The molecule has 2 atom stereocenters. The number of fused-ring (bicyclic) bond motifs is 1. The molecule has 2 aromatic heterocycles. The van der Waals surface area contributed by atoms with E-state index >= 15 is 0 Å². The van der Waals surface area contributed by atoms with Crippen molar-refractivity contribution in [3.63, 3.8) is 0 Å². The number of hydrogen-bond acceptors (Lipinski definition) is 4. The van der Waals surface area contributed by atoms with Crippen molar-refractivity contribution < 1.29 is 23.5 Å². The van der Waals surface area contributed by atoms with Crippen molar-refractivity contribution >= 4 is 17.3 Å². The third kappa shape index (κ3) is 3.52. The highest BCUT2D eigenvalue weighted by Gasteiger charge is 2.36. The number of aryl methyl sites for hydroxylation is 2. The van der Waals surface area contributed by atoms with Crippen molar-refractivity contribution in [1.82, 2.24) is 19.8 Å². The molecule has 7 nitrogen and oxygen atoms in total. The van der Waals surface area contributed by atoms with E-state index in [0.29, 0.717) is 17.1 Å². The van der Waals surface area contributed by atoms with Crippen LogP contribution >= 0.6 is 0 Å². The Balaban J connectivity index is 1.50. The van der Waals surface area contributed by atoms with E-state index in [9.17, 15) is 23.5 Å². The zero-order chi connectivity index (χ0) is 21.6. The summed E-state index contributed by atoms with van der Waals surface area (Å²) in [5.41, 5.74) is 1.80. The number of carbonyl (C=O) groups excluding carboxylic acids is 2. The molecule has 0 radical (unpaired) electrons. The Morgan fingerprint density at radius 2 is 1.90 bits per heavy atom. The van der Waals surface area contributed by atoms with Gasteiger partial charge in [0.1, 0.15) is 11.6 Å². The molecule has 9 heteroatoms. The van der Waals surface area contributed by atoms with E-state index in [2.05, 4.69) is 10.4 Å². The first kappa shape index (κ1) is 20.0. The van der Waals surface area contributed by atoms with Gasteiger partial charge >= 0.3 is 0 Å². The standard InChI is InChI=1S/C21H20F2N4O3/c1-11-3-4-27-18(5-11)14(8-24-27)20(29)25-17-9-26(10-19(17)28)21(30)13-6-12(2)15(22)7-16(13)23/h3-8,17,19,28H,9-10H2,1-2H3,(H,25,29)/t17-,19+/m1/s1. The number of carbonyl (C=O) groups is 2. The Hall–Kier alpha value is -3.33. The lowest BCUT2D eigenvalue weighted by molar-refractivity contribution is 0.0760. The van der Waals surface area contributed by atoms with Gasteiger partial charge in [-0.1, -0.05) is 0 Å². The maximum atomic E-state index is 14.1. The van der Waals surface area contributed by atoms with Crippen molar-refractivity contribution in [2.24, 2.45) is 0 Å². The summed E-state index contributed by atoms with van der Waals surface area (Å²) in [6, 6.07) is 4.77. The molecule has 1 fully saturated rings. The zero-order valence-corrected chi connectivity index (χ0v) is 16.4. The molecule has 156 valence electrons. The van der Waals surface area contributed by atoms with E-state index in [1.807, 2.05) is 19.1 Å². The number of aromatic nitrogens is 2. The Kier molecular flexibility index (Phi) is 4.98. The van der Waals surface area contributed by atoms with E-state index in [-0.39, 0.29) is 24.2 Å². The number of amides is 2. The maximum absolute atomic E-state index is 14.1. The van der Waals surface area contributed by atoms with Crippen molar-refractivity contribution in [2.75, 3.05) is 13.1 Å². The summed E-state index contributed by atoms with van der Waals surface area (Å²) in [5, 5.41) is 17.2. The van der Waals surface area contributed by atoms with Gasteiger partial charge in [0.05, 0.1) is 35.0 Å². The van der Waals surface area contributed by atoms with Crippen LogP contribution in [0.4, 0.5) is 8.78 Å². The van der Waals surface area contributed by atoms with Crippen LogP contribution in [0.5, 0.6) is 0 Å². The van der Waals surface area contributed by atoms with Gasteiger partial charge in [0.15, 0.2) is 0 Å². The average molecular weight is 414 g/mol. The predicted octanol–water partition coefficient (Wildman–Crippen LogP) is 1.84. The van der Waals surface area contributed by atoms with Crippen LogP contribution in [0.2, 0.25) is 0 Å². The first-order chi connectivity index (χ1) is 14.2. The lowest BCUT2D eigenvalue weighted by atomic mass is 10.1. The lowest BCUT2D eigenvalue weighted by Gasteiger charge is -2.17. The molecular formula is C21H20F2N4O3. The molecular weight excluding hydrogens is 394 g/mol. The van der Waals surface area contributed by atoms with Gasteiger partial charge in [-0.05, 0) is 43.2 Å². The van der Waals surface area contributed by atoms with Crippen LogP contribution in [-0.4, -0.2) is 56.7 Å². The number of aliphatic hydroxyl groups excluding tert-OH is 1. The molecule has 0 spiro atoms. The Bertz CT molecular complexity index is 1160. The normalized spacial score (nSPS) is 18.8. The molecule has 3 heterocycles. The quantitative estimate of drug-likeness (QED) is 0.685. The predicted molar refractivity (Wildman–Crippen MR) is 104 cm³/mol. The molecule has 2 N–H and O–H groups in total. The van der Waals surface area contributed by atoms with Crippen LogP contribution in [0.3, 0.4) is 0 Å². The molecule has 0 bridgehead atoms. The largest absolute Gasteiger partial charge is 0.389 e. The fraction of sp³-hybridized carbons (Fsp3) is 0.286. The molecule has 1 aliphatic rings. The van der Waals surface area contributed by atoms with E-state index < -0.39 is 35.6 Å². The molecule has 1 saturated heterocycles. The number of rotatable bonds is 3. The average Bonchev–Trinajstić information content (AvgIpc) is 3.27. The van der Waals surface area contributed by atoms with Gasteiger partial charge in [0, 0.05) is 25.4 Å². The Morgan fingerprint density at radius 1 is 1.13 bits per heavy atom. The first-order valence-electron chi connectivity index (χ1n) is 9.42. The van der Waals surface area contributed by atoms with Crippen LogP contribution in [0.25, 0.3) is 5.52 Å². The minimum absolute atomic E-state index is 0.000154. The van der Waals surface area contributed by atoms with E-state index in [0.717, 1.165) is 11.6 Å². The number of nitrogens with one attached hydrogen (secondary N) is 1. The second kappa shape index (κ2) is 7.49. The summed E-state index contributed by atoms with van der Waals surface area (Å²) in [6.45, 7) is 3.26. The van der Waals surface area contributed by atoms with Gasteiger partial charge < -0.3 is 15.3 Å².